The molecule has 0 radical (unpaired) electrons. The zero-order valence-electron chi connectivity index (χ0n) is 10.4. The van der Waals surface area contributed by atoms with Gasteiger partial charge in [-0.05, 0) is 32.0 Å². The number of carbonyl (C=O) groups excluding carboxylic acids is 1. The topological polar surface area (TPSA) is 59.9 Å². The molecule has 0 aliphatic heterocycles. The number of aryl methyl sites for hydroxylation is 1. The lowest BCUT2D eigenvalue weighted by Gasteiger charge is -2.05. The van der Waals surface area contributed by atoms with Gasteiger partial charge >= 0.3 is 5.97 Å². The molecule has 0 atom stereocenters. The average molecular weight is 257 g/mol. The summed E-state index contributed by atoms with van der Waals surface area (Å²) in [7, 11) is 0. The summed E-state index contributed by atoms with van der Waals surface area (Å²) in [5, 5.41) is 6.95. The quantitative estimate of drug-likeness (QED) is 0.601. The van der Waals surface area contributed by atoms with Gasteiger partial charge in [0, 0.05) is 19.4 Å². The Hall–Kier alpha value is -1.17. The second-order valence-corrected chi connectivity index (χ2v) is 4.14. The number of esters is 1. The van der Waals surface area contributed by atoms with Crippen molar-refractivity contribution in [2.24, 2.45) is 0 Å². The van der Waals surface area contributed by atoms with E-state index >= 15 is 0 Å². The molecule has 5 nitrogen and oxygen atoms in total. The van der Waals surface area contributed by atoms with Crippen molar-refractivity contribution in [2.75, 3.05) is 6.61 Å². The van der Waals surface area contributed by atoms with Gasteiger partial charge in [-0.2, -0.15) is 5.10 Å². The lowest BCUT2D eigenvalue weighted by molar-refractivity contribution is -0.143. The van der Waals surface area contributed by atoms with Gasteiger partial charge in [0.1, 0.15) is 5.82 Å². The SMILES string of the molecule is CCCc1n[nH]c(=S)n1CCCC(=O)OCC. The summed E-state index contributed by atoms with van der Waals surface area (Å²) in [6.45, 7) is 5.05. The van der Waals surface area contributed by atoms with E-state index in [2.05, 4.69) is 17.1 Å². The van der Waals surface area contributed by atoms with Crippen molar-refractivity contribution in [3.63, 3.8) is 0 Å². The van der Waals surface area contributed by atoms with Crippen LogP contribution >= 0.6 is 12.2 Å². The van der Waals surface area contributed by atoms with Crippen LogP contribution in [0.4, 0.5) is 0 Å². The fourth-order valence-electron chi connectivity index (χ4n) is 1.61. The van der Waals surface area contributed by atoms with E-state index in [1.807, 2.05) is 11.5 Å². The molecule has 0 amide bonds. The summed E-state index contributed by atoms with van der Waals surface area (Å²) in [6, 6.07) is 0. The lowest BCUT2D eigenvalue weighted by atomic mass is 10.3. The number of aromatic nitrogens is 3. The number of carbonyl (C=O) groups is 1. The number of ether oxygens (including phenoxy) is 1. The minimum atomic E-state index is -0.153. The van der Waals surface area contributed by atoms with Crippen LogP contribution in [0.5, 0.6) is 0 Å². The van der Waals surface area contributed by atoms with E-state index in [1.54, 1.807) is 0 Å². The molecule has 0 bridgehead atoms. The first-order valence-corrected chi connectivity index (χ1v) is 6.39. The van der Waals surface area contributed by atoms with Gasteiger partial charge in [-0.3, -0.25) is 9.89 Å². The fourth-order valence-corrected chi connectivity index (χ4v) is 1.85. The third-order valence-corrected chi connectivity index (χ3v) is 2.69. The van der Waals surface area contributed by atoms with Gasteiger partial charge < -0.3 is 9.30 Å². The van der Waals surface area contributed by atoms with E-state index in [1.165, 1.54) is 0 Å². The summed E-state index contributed by atoms with van der Waals surface area (Å²) in [5.41, 5.74) is 0. The number of nitrogens with zero attached hydrogens (tertiary/aromatic N) is 2. The molecule has 0 aliphatic carbocycles. The van der Waals surface area contributed by atoms with E-state index in [9.17, 15) is 4.79 Å². The largest absolute Gasteiger partial charge is 0.466 e. The molecular formula is C11H19N3O2S. The van der Waals surface area contributed by atoms with Crippen LogP contribution in [0.25, 0.3) is 0 Å². The van der Waals surface area contributed by atoms with Crippen LogP contribution in [0.2, 0.25) is 0 Å². The molecule has 17 heavy (non-hydrogen) atoms. The highest BCUT2D eigenvalue weighted by atomic mass is 32.1. The second-order valence-electron chi connectivity index (χ2n) is 3.76. The van der Waals surface area contributed by atoms with E-state index in [0.29, 0.717) is 24.3 Å². The Kier molecular flexibility index (Phi) is 5.90. The van der Waals surface area contributed by atoms with Crippen molar-refractivity contribution in [1.82, 2.24) is 14.8 Å². The molecule has 1 aromatic rings. The molecule has 96 valence electrons. The molecule has 0 spiro atoms. The Morgan fingerprint density at radius 2 is 2.29 bits per heavy atom. The molecule has 6 heteroatoms. The zero-order valence-corrected chi connectivity index (χ0v) is 11.2. The Morgan fingerprint density at radius 1 is 1.53 bits per heavy atom. The number of aromatic amines is 1. The molecule has 0 aromatic carbocycles. The third-order valence-electron chi connectivity index (χ3n) is 2.38. The van der Waals surface area contributed by atoms with Gasteiger partial charge in [-0.25, -0.2) is 0 Å². The van der Waals surface area contributed by atoms with E-state index in [-0.39, 0.29) is 5.97 Å². The van der Waals surface area contributed by atoms with Crippen LogP contribution in [0.1, 0.15) is 38.9 Å². The molecule has 0 saturated carbocycles. The molecule has 1 rings (SSSR count). The van der Waals surface area contributed by atoms with Crippen LogP contribution in [0, 0.1) is 4.77 Å². The molecule has 0 aliphatic rings. The van der Waals surface area contributed by atoms with Crippen molar-refractivity contribution in [2.45, 2.75) is 46.1 Å². The Labute approximate surface area is 106 Å². The van der Waals surface area contributed by atoms with Crippen LogP contribution in [0.15, 0.2) is 0 Å². The number of H-pyrrole nitrogens is 1. The highest BCUT2D eigenvalue weighted by Gasteiger charge is 2.06. The monoisotopic (exact) mass is 257 g/mol. The van der Waals surface area contributed by atoms with Crippen LogP contribution in [-0.2, 0) is 22.5 Å². The van der Waals surface area contributed by atoms with Crippen molar-refractivity contribution in [1.29, 1.82) is 0 Å². The predicted octanol–water partition coefficient (Wildman–Crippen LogP) is 2.24. The Bertz CT molecular complexity index is 411. The summed E-state index contributed by atoms with van der Waals surface area (Å²) < 4.78 is 7.45. The smallest absolute Gasteiger partial charge is 0.305 e. The number of nitrogens with one attached hydrogen (secondary N) is 1. The molecule has 0 saturated heterocycles. The third kappa shape index (κ3) is 4.30. The van der Waals surface area contributed by atoms with Crippen LogP contribution < -0.4 is 0 Å². The number of hydrogen-bond acceptors (Lipinski definition) is 4. The normalized spacial score (nSPS) is 10.5. The maximum atomic E-state index is 11.2. The summed E-state index contributed by atoms with van der Waals surface area (Å²) in [5.74, 6) is 0.806. The first kappa shape index (κ1) is 13.9. The van der Waals surface area contributed by atoms with E-state index < -0.39 is 0 Å². The maximum absolute atomic E-state index is 11.2. The van der Waals surface area contributed by atoms with Crippen molar-refractivity contribution in [3.05, 3.63) is 10.6 Å². The van der Waals surface area contributed by atoms with Gasteiger partial charge in [0.05, 0.1) is 6.61 Å². The predicted molar refractivity (Wildman–Crippen MR) is 67.3 cm³/mol. The minimum absolute atomic E-state index is 0.153. The zero-order chi connectivity index (χ0) is 12.7. The van der Waals surface area contributed by atoms with E-state index in [4.69, 9.17) is 17.0 Å². The molecule has 1 heterocycles. The Morgan fingerprint density at radius 3 is 2.94 bits per heavy atom. The molecule has 0 fully saturated rings. The first-order chi connectivity index (χ1) is 8.19. The maximum Gasteiger partial charge on any atom is 0.305 e. The lowest BCUT2D eigenvalue weighted by Crippen LogP contribution is -2.08. The fraction of sp³-hybridized carbons (Fsp3) is 0.727. The summed E-state index contributed by atoms with van der Waals surface area (Å²) in [6.07, 6.45) is 3.07. The van der Waals surface area contributed by atoms with Crippen molar-refractivity contribution in [3.8, 4) is 0 Å². The molecule has 0 unspecified atom stereocenters. The Balaban J connectivity index is 2.48. The van der Waals surface area contributed by atoms with Gasteiger partial charge in [-0.15, -0.1) is 0 Å². The van der Waals surface area contributed by atoms with Crippen LogP contribution in [-0.4, -0.2) is 27.3 Å². The standard InChI is InChI=1S/C11H19N3O2S/c1-3-6-9-12-13-11(17)14(9)8-5-7-10(15)16-4-2/h3-8H2,1-2H3,(H,13,17). The van der Waals surface area contributed by atoms with Crippen molar-refractivity contribution >= 4 is 18.2 Å². The van der Waals surface area contributed by atoms with Gasteiger partial charge in [0.15, 0.2) is 4.77 Å². The molecular weight excluding hydrogens is 238 g/mol. The highest BCUT2D eigenvalue weighted by molar-refractivity contribution is 7.71. The first-order valence-electron chi connectivity index (χ1n) is 5.98. The molecule has 1 N–H and O–H groups in total. The van der Waals surface area contributed by atoms with Crippen molar-refractivity contribution < 1.29 is 9.53 Å². The number of rotatable bonds is 7. The minimum Gasteiger partial charge on any atom is -0.466 e. The second kappa shape index (κ2) is 7.21. The van der Waals surface area contributed by atoms with Gasteiger partial charge in [0.25, 0.3) is 0 Å². The molecule has 1 aromatic heterocycles. The summed E-state index contributed by atoms with van der Waals surface area (Å²) in [4.78, 5) is 11.2. The summed E-state index contributed by atoms with van der Waals surface area (Å²) >= 11 is 5.15. The average Bonchev–Trinajstić information content (AvgIpc) is 2.62. The van der Waals surface area contributed by atoms with Gasteiger partial charge in [-0.1, -0.05) is 6.92 Å². The van der Waals surface area contributed by atoms with E-state index in [0.717, 1.165) is 25.1 Å². The highest BCUT2D eigenvalue weighted by Crippen LogP contribution is 2.04. The van der Waals surface area contributed by atoms with Gasteiger partial charge in [0.2, 0.25) is 0 Å². The number of hydrogen-bond donors (Lipinski definition) is 1. The van der Waals surface area contributed by atoms with Crippen LogP contribution in [0.3, 0.4) is 0 Å².